The fraction of sp³-hybridized carbons (Fsp3) is 0.364. The summed E-state index contributed by atoms with van der Waals surface area (Å²) in [4.78, 5) is 34.5. The van der Waals surface area contributed by atoms with Gasteiger partial charge in [0.1, 0.15) is 11.6 Å². The average molecular weight is 526 g/mol. The minimum atomic E-state index is -0.393. The van der Waals surface area contributed by atoms with E-state index in [1.807, 2.05) is 80.3 Å². The Balaban J connectivity index is 1.77. The lowest BCUT2D eigenvalue weighted by Gasteiger charge is -2.31. The van der Waals surface area contributed by atoms with Gasteiger partial charge in [-0.2, -0.15) is 0 Å². The van der Waals surface area contributed by atoms with Gasteiger partial charge in [0.25, 0.3) is 11.5 Å². The maximum Gasteiger partial charge on any atom is 0.266 e. The van der Waals surface area contributed by atoms with Crippen LogP contribution in [-0.2, 0) is 6.42 Å². The van der Waals surface area contributed by atoms with Gasteiger partial charge in [-0.1, -0.05) is 51.0 Å². The predicted octanol–water partition coefficient (Wildman–Crippen LogP) is 7.13. The monoisotopic (exact) mass is 525 g/mol. The number of nitrogens with zero attached hydrogens (tertiary/aromatic N) is 3. The Morgan fingerprint density at radius 1 is 0.923 bits per heavy atom. The zero-order valence-electron chi connectivity index (χ0n) is 23.5. The number of fused-ring (bicyclic) bond motifs is 1. The van der Waals surface area contributed by atoms with E-state index in [-0.39, 0.29) is 11.5 Å². The summed E-state index contributed by atoms with van der Waals surface area (Å²) < 4.78 is 7.26. The van der Waals surface area contributed by atoms with Gasteiger partial charge < -0.3 is 9.64 Å². The standard InChI is InChI=1S/C33H39N3O3/c1-5-9-10-13-24-16-18-25(19-17-24)32(37)35(7-3)30(6-2)31-34-29-15-12-11-14-28(29)33(38)36(31)26-20-22-27(23-21-26)39-8-4/h11-12,14-23,30H,5-10,13H2,1-4H3. The molecule has 4 aromatic rings. The lowest BCUT2D eigenvalue weighted by Crippen LogP contribution is -2.38. The van der Waals surface area contributed by atoms with Crippen molar-refractivity contribution < 1.29 is 9.53 Å². The Bertz CT molecular complexity index is 1440. The highest BCUT2D eigenvalue weighted by Crippen LogP contribution is 2.28. The van der Waals surface area contributed by atoms with Crippen LogP contribution in [0.3, 0.4) is 0 Å². The smallest absolute Gasteiger partial charge is 0.266 e. The third kappa shape index (κ3) is 6.22. The molecular weight excluding hydrogens is 486 g/mol. The number of amides is 1. The minimum absolute atomic E-state index is 0.0647. The van der Waals surface area contributed by atoms with E-state index in [0.29, 0.717) is 47.6 Å². The molecule has 1 unspecified atom stereocenters. The van der Waals surface area contributed by atoms with Crippen LogP contribution >= 0.6 is 0 Å². The Labute approximate surface area is 231 Å². The molecule has 0 N–H and O–H groups in total. The highest BCUT2D eigenvalue weighted by atomic mass is 16.5. The Kier molecular flexibility index (Phi) is 9.53. The van der Waals surface area contributed by atoms with Crippen LogP contribution < -0.4 is 10.3 Å². The molecule has 0 aliphatic carbocycles. The van der Waals surface area contributed by atoms with Gasteiger partial charge >= 0.3 is 0 Å². The van der Waals surface area contributed by atoms with E-state index in [1.165, 1.54) is 18.4 Å². The quantitative estimate of drug-likeness (QED) is 0.185. The molecule has 0 spiro atoms. The molecule has 0 fully saturated rings. The number of carbonyl (C=O) groups is 1. The summed E-state index contributed by atoms with van der Waals surface area (Å²) in [5.74, 6) is 1.22. The number of aryl methyl sites for hydroxylation is 1. The van der Waals surface area contributed by atoms with Gasteiger partial charge in [-0.3, -0.25) is 14.2 Å². The molecule has 204 valence electrons. The van der Waals surface area contributed by atoms with Crippen molar-refractivity contribution in [1.29, 1.82) is 0 Å². The van der Waals surface area contributed by atoms with Crippen LogP contribution in [0, 0.1) is 0 Å². The van der Waals surface area contributed by atoms with Crippen molar-refractivity contribution in [2.75, 3.05) is 13.2 Å². The zero-order valence-corrected chi connectivity index (χ0v) is 23.5. The van der Waals surface area contributed by atoms with Gasteiger partial charge in [0, 0.05) is 12.1 Å². The van der Waals surface area contributed by atoms with Crippen molar-refractivity contribution in [3.8, 4) is 11.4 Å². The molecule has 0 saturated carbocycles. The molecule has 1 heterocycles. The van der Waals surface area contributed by atoms with Crippen molar-refractivity contribution >= 4 is 16.8 Å². The largest absolute Gasteiger partial charge is 0.494 e. The van der Waals surface area contributed by atoms with Gasteiger partial charge in [0.15, 0.2) is 0 Å². The van der Waals surface area contributed by atoms with Crippen LogP contribution in [0.4, 0.5) is 0 Å². The lowest BCUT2D eigenvalue weighted by atomic mass is 10.0. The summed E-state index contributed by atoms with van der Waals surface area (Å²) in [6, 6.07) is 22.4. The van der Waals surface area contributed by atoms with Crippen LogP contribution in [0.5, 0.6) is 5.75 Å². The molecule has 1 amide bonds. The number of carbonyl (C=O) groups excluding carboxylic acids is 1. The van der Waals surface area contributed by atoms with Crippen molar-refractivity contribution in [2.45, 2.75) is 65.8 Å². The van der Waals surface area contributed by atoms with E-state index in [4.69, 9.17) is 9.72 Å². The number of aromatic nitrogens is 2. The highest BCUT2D eigenvalue weighted by molar-refractivity contribution is 5.94. The number of para-hydroxylation sites is 1. The molecule has 0 radical (unpaired) electrons. The number of rotatable bonds is 12. The third-order valence-corrected chi connectivity index (χ3v) is 7.14. The number of unbranched alkanes of at least 4 members (excludes halogenated alkanes) is 2. The second-order valence-electron chi connectivity index (χ2n) is 9.72. The molecule has 0 bridgehead atoms. The lowest BCUT2D eigenvalue weighted by molar-refractivity contribution is 0.0672. The molecule has 6 heteroatoms. The molecule has 1 atom stereocenters. The van der Waals surface area contributed by atoms with Gasteiger partial charge in [-0.25, -0.2) is 4.98 Å². The molecule has 39 heavy (non-hydrogen) atoms. The third-order valence-electron chi connectivity index (χ3n) is 7.14. The molecule has 0 saturated heterocycles. The van der Waals surface area contributed by atoms with Crippen LogP contribution in [0.15, 0.2) is 77.6 Å². The summed E-state index contributed by atoms with van der Waals surface area (Å²) in [6.07, 6.45) is 5.17. The van der Waals surface area contributed by atoms with E-state index >= 15 is 0 Å². The summed E-state index contributed by atoms with van der Waals surface area (Å²) in [6.45, 7) is 9.19. The molecule has 1 aromatic heterocycles. The molecular formula is C33H39N3O3. The second-order valence-corrected chi connectivity index (χ2v) is 9.72. The Morgan fingerprint density at radius 2 is 1.64 bits per heavy atom. The van der Waals surface area contributed by atoms with Crippen LogP contribution in [0.25, 0.3) is 16.6 Å². The SMILES string of the molecule is CCCCCc1ccc(C(=O)N(CC)C(CC)c2nc3ccccc3c(=O)n2-c2ccc(OCC)cc2)cc1. The topological polar surface area (TPSA) is 64.4 Å². The zero-order chi connectivity index (χ0) is 27.8. The molecule has 4 rings (SSSR count). The minimum Gasteiger partial charge on any atom is -0.494 e. The van der Waals surface area contributed by atoms with E-state index < -0.39 is 6.04 Å². The first-order valence-corrected chi connectivity index (χ1v) is 14.2. The first-order chi connectivity index (χ1) is 19.0. The van der Waals surface area contributed by atoms with E-state index in [9.17, 15) is 9.59 Å². The summed E-state index contributed by atoms with van der Waals surface area (Å²) in [7, 11) is 0. The van der Waals surface area contributed by atoms with Gasteiger partial charge in [-0.15, -0.1) is 0 Å². The fourth-order valence-electron chi connectivity index (χ4n) is 5.09. The number of ether oxygens (including phenoxy) is 1. The van der Waals surface area contributed by atoms with Crippen molar-refractivity contribution in [3.05, 3.63) is 100 Å². The Morgan fingerprint density at radius 3 is 2.28 bits per heavy atom. The second kappa shape index (κ2) is 13.2. The van der Waals surface area contributed by atoms with E-state index in [1.54, 1.807) is 10.6 Å². The van der Waals surface area contributed by atoms with Crippen LogP contribution in [-0.4, -0.2) is 33.5 Å². The van der Waals surface area contributed by atoms with Gasteiger partial charge in [0.05, 0.1) is 29.2 Å². The van der Waals surface area contributed by atoms with Crippen molar-refractivity contribution in [3.63, 3.8) is 0 Å². The molecule has 0 aliphatic rings. The maximum absolute atomic E-state index is 13.9. The van der Waals surface area contributed by atoms with Crippen LogP contribution in [0.1, 0.15) is 81.2 Å². The maximum atomic E-state index is 13.9. The summed E-state index contributed by atoms with van der Waals surface area (Å²) >= 11 is 0. The van der Waals surface area contributed by atoms with Crippen LogP contribution in [0.2, 0.25) is 0 Å². The first kappa shape index (κ1) is 28.1. The summed E-state index contributed by atoms with van der Waals surface area (Å²) in [5, 5.41) is 0.540. The average Bonchev–Trinajstić information content (AvgIpc) is 2.97. The number of benzene rings is 3. The fourth-order valence-corrected chi connectivity index (χ4v) is 5.09. The summed E-state index contributed by atoms with van der Waals surface area (Å²) in [5.41, 5.74) is 3.05. The van der Waals surface area contributed by atoms with E-state index in [0.717, 1.165) is 18.6 Å². The molecule has 6 nitrogen and oxygen atoms in total. The predicted molar refractivity (Wildman–Crippen MR) is 158 cm³/mol. The van der Waals surface area contributed by atoms with E-state index in [2.05, 4.69) is 19.1 Å². The van der Waals surface area contributed by atoms with Gasteiger partial charge in [0.2, 0.25) is 0 Å². The highest BCUT2D eigenvalue weighted by Gasteiger charge is 2.28. The van der Waals surface area contributed by atoms with Crippen molar-refractivity contribution in [2.24, 2.45) is 0 Å². The first-order valence-electron chi connectivity index (χ1n) is 14.2. The van der Waals surface area contributed by atoms with Crippen molar-refractivity contribution in [1.82, 2.24) is 14.5 Å². The molecule has 3 aromatic carbocycles. The van der Waals surface area contributed by atoms with Gasteiger partial charge in [-0.05, 0) is 87.2 Å². The Hall–Kier alpha value is -3.93. The number of hydrogen-bond donors (Lipinski definition) is 0. The molecule has 0 aliphatic heterocycles. The normalized spacial score (nSPS) is 11.9. The number of hydrogen-bond acceptors (Lipinski definition) is 4.